The Morgan fingerprint density at radius 3 is 1.56 bits per heavy atom. The summed E-state index contributed by atoms with van der Waals surface area (Å²) in [5.41, 5.74) is 0. The summed E-state index contributed by atoms with van der Waals surface area (Å²) in [5.74, 6) is -0.557. The number of allylic oxidation sites excluding steroid dienone is 2. The minimum absolute atomic E-state index is 0.116. The van der Waals surface area contributed by atoms with E-state index in [4.69, 9.17) is 15.3 Å². The van der Waals surface area contributed by atoms with Crippen molar-refractivity contribution in [2.45, 2.75) is 173 Å². The summed E-state index contributed by atoms with van der Waals surface area (Å²) in [6.07, 6.45) is 26.5. The number of nitrogens with zero attached hydrogens (tertiary/aromatic N) is 1. The number of ketones is 1. The molecule has 0 spiro atoms. The van der Waals surface area contributed by atoms with Crippen molar-refractivity contribution in [3.63, 3.8) is 0 Å². The van der Waals surface area contributed by atoms with Crippen LogP contribution in [0.5, 0.6) is 0 Å². The molecule has 0 aromatic rings. The minimum atomic E-state index is -2.48. The van der Waals surface area contributed by atoms with E-state index in [1.807, 2.05) is 6.92 Å². The van der Waals surface area contributed by atoms with Gasteiger partial charge in [-0.3, -0.25) is 4.79 Å². The molecule has 8 nitrogen and oxygen atoms in total. The van der Waals surface area contributed by atoms with Crippen molar-refractivity contribution < 1.29 is 38.8 Å². The Morgan fingerprint density at radius 1 is 0.674 bits per heavy atom. The van der Waals surface area contributed by atoms with Crippen LogP contribution in [-0.2, 0) is 13.9 Å². The van der Waals surface area contributed by atoms with Gasteiger partial charge in [0.15, 0.2) is 17.9 Å². The first-order valence-electron chi connectivity index (χ1n) is 17.3. The zero-order chi connectivity index (χ0) is 32.8. The lowest BCUT2D eigenvalue weighted by Gasteiger charge is -2.34. The number of Topliss-reactive ketones (excluding diaryl/α,β-unsaturated/α-hetero) is 1. The maximum atomic E-state index is 11.5. The van der Waals surface area contributed by atoms with E-state index < -0.39 is 25.9 Å². The van der Waals surface area contributed by atoms with Gasteiger partial charge in [-0.05, 0) is 38.5 Å². The van der Waals surface area contributed by atoms with Crippen molar-refractivity contribution in [3.05, 3.63) is 12.2 Å². The highest BCUT2D eigenvalue weighted by Crippen LogP contribution is 2.28. The predicted molar refractivity (Wildman–Crippen MR) is 177 cm³/mol. The third-order valence-corrected chi connectivity index (χ3v) is 9.39. The average Bonchev–Trinajstić information content (AvgIpc) is 2.96. The van der Waals surface area contributed by atoms with Gasteiger partial charge in [0.2, 0.25) is 0 Å². The van der Waals surface area contributed by atoms with Crippen LogP contribution in [-0.4, -0.2) is 76.1 Å². The molecular weight excluding hydrogens is 565 g/mol. The van der Waals surface area contributed by atoms with Crippen LogP contribution in [0.15, 0.2) is 12.2 Å². The molecule has 2 atom stereocenters. The molecule has 0 amide bonds. The zero-order valence-corrected chi connectivity index (χ0v) is 29.2. The standard InChI is InChI=1S/C25H48O3.C9H21NO4P/c1-2-3-4-5-6-7-8-9-10-11-12-13-14-15-16-17-18-19-20-21-24(27)25(28)22-23-26;1-4-5-8(15(13)14)10(2,3)7-6-9(11)12/h9-10,25-26,28H,2-8,11-23H2,1H3;8-9,11-12H,4-7H2,1-3H3/q;+1. The van der Waals surface area contributed by atoms with Crippen molar-refractivity contribution in [1.82, 2.24) is 0 Å². The number of quaternary nitrogens is 1. The Kier molecular flexibility index (Phi) is 32.0. The molecule has 0 bridgehead atoms. The molecule has 0 aliphatic rings. The van der Waals surface area contributed by atoms with E-state index in [9.17, 15) is 19.0 Å². The Balaban J connectivity index is 0. The van der Waals surface area contributed by atoms with Gasteiger partial charge in [-0.15, -0.1) is 0 Å². The van der Waals surface area contributed by atoms with Gasteiger partial charge < -0.3 is 24.9 Å². The molecule has 0 heterocycles. The maximum absolute atomic E-state index is 11.5. The molecule has 43 heavy (non-hydrogen) atoms. The van der Waals surface area contributed by atoms with Gasteiger partial charge in [0.25, 0.3) is 0 Å². The van der Waals surface area contributed by atoms with E-state index in [1.54, 1.807) is 14.1 Å². The molecule has 0 aliphatic carbocycles. The second-order valence-corrected chi connectivity index (χ2v) is 13.7. The van der Waals surface area contributed by atoms with Crippen molar-refractivity contribution in [2.24, 2.45) is 0 Å². The predicted octanol–water partition coefficient (Wildman–Crippen LogP) is 7.96. The third kappa shape index (κ3) is 29.6. The second-order valence-electron chi connectivity index (χ2n) is 12.6. The van der Waals surface area contributed by atoms with Crippen LogP contribution in [0.4, 0.5) is 0 Å². The average molecular weight is 635 g/mol. The number of rotatable bonds is 29. The molecule has 4 N–H and O–H groups in total. The highest BCUT2D eigenvalue weighted by atomic mass is 31.1. The summed E-state index contributed by atoms with van der Waals surface area (Å²) < 4.78 is 22.4. The second kappa shape index (κ2) is 31.1. The summed E-state index contributed by atoms with van der Waals surface area (Å²) >= 11 is 0. The summed E-state index contributed by atoms with van der Waals surface area (Å²) in [4.78, 5) is 11.5. The fraction of sp³-hybridized carbons (Fsp3) is 0.912. The summed E-state index contributed by atoms with van der Waals surface area (Å²) in [7, 11) is 1.12. The number of carbonyl (C=O) groups excluding carboxylic acids is 1. The molecule has 0 saturated carbocycles. The Morgan fingerprint density at radius 2 is 1.14 bits per heavy atom. The van der Waals surface area contributed by atoms with Crippen LogP contribution in [0.2, 0.25) is 0 Å². The smallest absolute Gasteiger partial charge is 0.375 e. The maximum Gasteiger partial charge on any atom is 0.375 e. The van der Waals surface area contributed by atoms with Crippen LogP contribution in [0, 0.1) is 0 Å². The SMILES string of the molecule is CCCC(P(=O)=O)[N+](C)(C)CCC(O)O.CCCCCCCCC=CCCCCCCCCCCCC(=O)C(O)CCO. The van der Waals surface area contributed by atoms with Gasteiger partial charge in [-0.1, -0.05) is 103 Å². The van der Waals surface area contributed by atoms with E-state index >= 15 is 0 Å². The molecule has 0 fully saturated rings. The number of unbranched alkanes of at least 4 members (excludes halogenated alkanes) is 15. The van der Waals surface area contributed by atoms with Crippen molar-refractivity contribution in [1.29, 1.82) is 0 Å². The highest BCUT2D eigenvalue weighted by molar-refractivity contribution is 7.31. The van der Waals surface area contributed by atoms with Crippen LogP contribution < -0.4 is 0 Å². The monoisotopic (exact) mass is 634 g/mol. The number of carbonyl (C=O) groups is 1. The molecule has 2 unspecified atom stereocenters. The number of hydrogen-bond acceptors (Lipinski definition) is 7. The van der Waals surface area contributed by atoms with Gasteiger partial charge in [-0.25, -0.2) is 9.13 Å². The van der Waals surface area contributed by atoms with Crippen LogP contribution in [0.25, 0.3) is 0 Å². The lowest BCUT2D eigenvalue weighted by molar-refractivity contribution is -0.902. The fourth-order valence-electron chi connectivity index (χ4n) is 5.09. The number of aliphatic hydroxyl groups is 4. The summed E-state index contributed by atoms with van der Waals surface area (Å²) in [5, 5.41) is 35.7. The van der Waals surface area contributed by atoms with Gasteiger partial charge in [0.05, 0.1) is 20.6 Å². The van der Waals surface area contributed by atoms with Crippen LogP contribution >= 0.6 is 7.68 Å². The van der Waals surface area contributed by atoms with Crippen molar-refractivity contribution in [3.8, 4) is 0 Å². The molecule has 0 rings (SSSR count). The van der Waals surface area contributed by atoms with Crippen molar-refractivity contribution >= 4 is 13.5 Å². The van der Waals surface area contributed by atoms with E-state index in [-0.39, 0.29) is 29.7 Å². The van der Waals surface area contributed by atoms with E-state index in [2.05, 4.69) is 19.1 Å². The number of aliphatic hydroxyl groups excluding tert-OH is 3. The Hall–Kier alpha value is -0.890. The first-order chi connectivity index (χ1) is 20.5. The molecule has 0 aromatic carbocycles. The first kappa shape index (κ1) is 44.2. The molecule has 0 aromatic heterocycles. The lowest BCUT2D eigenvalue weighted by atomic mass is 10.0. The van der Waals surface area contributed by atoms with Gasteiger partial charge in [0, 0.05) is 32.3 Å². The topological polar surface area (TPSA) is 132 Å². The normalized spacial score (nSPS) is 13.2. The summed E-state index contributed by atoms with van der Waals surface area (Å²) in [6, 6.07) is 0. The third-order valence-electron chi connectivity index (χ3n) is 8.02. The van der Waals surface area contributed by atoms with Gasteiger partial charge in [0.1, 0.15) is 6.10 Å². The van der Waals surface area contributed by atoms with Crippen LogP contribution in [0.1, 0.15) is 155 Å². The van der Waals surface area contributed by atoms with Gasteiger partial charge in [-0.2, -0.15) is 0 Å². The van der Waals surface area contributed by atoms with E-state index in [0.29, 0.717) is 19.4 Å². The minimum Gasteiger partial charge on any atom is -0.396 e. The molecule has 0 radical (unpaired) electrons. The summed E-state index contributed by atoms with van der Waals surface area (Å²) in [6.45, 7) is 4.52. The molecule has 9 heteroatoms. The molecule has 256 valence electrons. The zero-order valence-electron chi connectivity index (χ0n) is 28.3. The molecule has 0 saturated heterocycles. The van der Waals surface area contributed by atoms with E-state index in [1.165, 1.54) is 96.3 Å². The van der Waals surface area contributed by atoms with E-state index in [0.717, 1.165) is 19.3 Å². The Labute approximate surface area is 264 Å². The van der Waals surface area contributed by atoms with Gasteiger partial charge >= 0.3 is 7.68 Å². The Bertz CT molecular complexity index is 718. The molecular formula is C34H69NO7P+. The fourth-order valence-corrected chi connectivity index (χ4v) is 6.19. The lowest BCUT2D eigenvalue weighted by Crippen LogP contribution is -2.47. The highest BCUT2D eigenvalue weighted by Gasteiger charge is 2.32. The number of hydrogen-bond donors (Lipinski definition) is 4. The first-order valence-corrected chi connectivity index (χ1v) is 18.6. The van der Waals surface area contributed by atoms with Crippen LogP contribution in [0.3, 0.4) is 0 Å². The quantitative estimate of drug-likeness (QED) is 0.0216. The van der Waals surface area contributed by atoms with Crippen molar-refractivity contribution in [2.75, 3.05) is 27.2 Å². The largest absolute Gasteiger partial charge is 0.396 e. The molecule has 0 aliphatic heterocycles.